The summed E-state index contributed by atoms with van der Waals surface area (Å²) in [4.78, 5) is 14.4. The van der Waals surface area contributed by atoms with Crippen LogP contribution in [0.1, 0.15) is 31.7 Å². The number of benzene rings is 1. The van der Waals surface area contributed by atoms with Gasteiger partial charge in [0, 0.05) is 12.2 Å². The van der Waals surface area contributed by atoms with Crippen molar-refractivity contribution in [3.8, 4) is 0 Å². The van der Waals surface area contributed by atoms with Crippen LogP contribution in [-0.4, -0.2) is 37.5 Å². The van der Waals surface area contributed by atoms with Gasteiger partial charge in [0.25, 0.3) is 0 Å². The van der Waals surface area contributed by atoms with Gasteiger partial charge in [-0.25, -0.2) is 0 Å². The highest BCUT2D eigenvalue weighted by Crippen LogP contribution is 2.20. The van der Waals surface area contributed by atoms with Crippen LogP contribution in [0.3, 0.4) is 0 Å². The van der Waals surface area contributed by atoms with Gasteiger partial charge in [-0.05, 0) is 57.1 Å². The van der Waals surface area contributed by atoms with Crippen molar-refractivity contribution in [2.24, 2.45) is 5.92 Å². The Balaban J connectivity index is 1.90. The average molecular weight is 289 g/mol. The van der Waals surface area contributed by atoms with Gasteiger partial charge in [-0.3, -0.25) is 4.79 Å². The van der Waals surface area contributed by atoms with Gasteiger partial charge in [0.1, 0.15) is 0 Å². The fourth-order valence-corrected chi connectivity index (χ4v) is 2.85. The molecule has 1 saturated heterocycles. The zero-order valence-corrected chi connectivity index (χ0v) is 13.4. The van der Waals surface area contributed by atoms with E-state index in [1.54, 1.807) is 0 Å². The first-order valence-corrected chi connectivity index (χ1v) is 7.86. The quantitative estimate of drug-likeness (QED) is 0.875. The number of carbonyl (C=O) groups excluding carboxylic acids is 1. The molecule has 1 heterocycles. The maximum atomic E-state index is 12.3. The molecule has 0 bridgehead atoms. The number of anilines is 1. The second-order valence-corrected chi connectivity index (χ2v) is 6.23. The molecule has 1 amide bonds. The van der Waals surface area contributed by atoms with E-state index >= 15 is 0 Å². The molecule has 0 saturated carbocycles. The van der Waals surface area contributed by atoms with E-state index in [9.17, 15) is 4.79 Å². The summed E-state index contributed by atoms with van der Waals surface area (Å²) in [6.45, 7) is 4.06. The molecule has 116 valence electrons. The number of carbonyl (C=O) groups is 1. The van der Waals surface area contributed by atoms with Gasteiger partial charge in [-0.2, -0.15) is 0 Å². The summed E-state index contributed by atoms with van der Waals surface area (Å²) in [5, 5.41) is 6.34. The van der Waals surface area contributed by atoms with Gasteiger partial charge in [-0.1, -0.05) is 25.5 Å². The first-order valence-electron chi connectivity index (χ1n) is 7.86. The number of nitrogens with one attached hydrogen (secondary N) is 2. The predicted molar refractivity (Wildman–Crippen MR) is 87.3 cm³/mol. The lowest BCUT2D eigenvalue weighted by atomic mass is 9.90. The molecule has 2 unspecified atom stereocenters. The van der Waals surface area contributed by atoms with E-state index in [1.165, 1.54) is 12.0 Å². The predicted octanol–water partition coefficient (Wildman–Crippen LogP) is 2.46. The van der Waals surface area contributed by atoms with Crippen LogP contribution in [0.4, 0.5) is 5.69 Å². The largest absolute Gasteiger partial charge is 0.325 e. The molecule has 4 nitrogen and oxygen atoms in total. The van der Waals surface area contributed by atoms with Crippen molar-refractivity contribution < 1.29 is 4.79 Å². The summed E-state index contributed by atoms with van der Waals surface area (Å²) in [5.74, 6) is 0.762. The van der Waals surface area contributed by atoms with E-state index in [-0.39, 0.29) is 11.9 Å². The SMILES string of the molecule is CCC1CCNC(C(=O)Nc2ccc(CN(C)C)cc2)C1. The minimum atomic E-state index is -0.0508. The Kier molecular flexibility index (Phi) is 5.76. The third-order valence-electron chi connectivity index (χ3n) is 4.13. The highest BCUT2D eigenvalue weighted by atomic mass is 16.2. The van der Waals surface area contributed by atoms with Gasteiger partial charge in [0.15, 0.2) is 0 Å². The first kappa shape index (κ1) is 16.0. The topological polar surface area (TPSA) is 44.4 Å². The van der Waals surface area contributed by atoms with Gasteiger partial charge >= 0.3 is 0 Å². The molecule has 1 aromatic rings. The molecule has 1 aliphatic heterocycles. The summed E-state index contributed by atoms with van der Waals surface area (Å²) in [6.07, 6.45) is 3.28. The highest BCUT2D eigenvalue weighted by molar-refractivity contribution is 5.94. The van der Waals surface area contributed by atoms with Crippen molar-refractivity contribution in [1.29, 1.82) is 0 Å². The molecule has 1 fully saturated rings. The van der Waals surface area contributed by atoms with Crippen molar-refractivity contribution in [1.82, 2.24) is 10.2 Å². The smallest absolute Gasteiger partial charge is 0.241 e. The van der Waals surface area contributed by atoms with E-state index in [4.69, 9.17) is 0 Å². The lowest BCUT2D eigenvalue weighted by molar-refractivity contribution is -0.119. The number of nitrogens with zero attached hydrogens (tertiary/aromatic N) is 1. The van der Waals surface area contributed by atoms with Crippen molar-refractivity contribution in [2.75, 3.05) is 26.0 Å². The van der Waals surface area contributed by atoms with Crippen LogP contribution in [-0.2, 0) is 11.3 Å². The van der Waals surface area contributed by atoms with E-state index in [0.29, 0.717) is 5.92 Å². The molecule has 1 aliphatic rings. The molecule has 2 N–H and O–H groups in total. The lowest BCUT2D eigenvalue weighted by Crippen LogP contribution is -2.46. The molecule has 0 radical (unpaired) electrons. The summed E-state index contributed by atoms with van der Waals surface area (Å²) in [6, 6.07) is 8.05. The zero-order chi connectivity index (χ0) is 15.2. The fourth-order valence-electron chi connectivity index (χ4n) is 2.85. The van der Waals surface area contributed by atoms with E-state index in [0.717, 1.165) is 31.6 Å². The first-order chi connectivity index (χ1) is 10.1. The van der Waals surface area contributed by atoms with Crippen molar-refractivity contribution in [3.05, 3.63) is 29.8 Å². The molecule has 21 heavy (non-hydrogen) atoms. The Labute approximate surface area is 127 Å². The molecule has 2 rings (SSSR count). The second-order valence-electron chi connectivity index (χ2n) is 6.23. The Hall–Kier alpha value is -1.39. The number of hydrogen-bond acceptors (Lipinski definition) is 3. The highest BCUT2D eigenvalue weighted by Gasteiger charge is 2.25. The molecule has 0 aromatic heterocycles. The molecule has 1 aromatic carbocycles. The van der Waals surface area contributed by atoms with Crippen LogP contribution in [0.25, 0.3) is 0 Å². The normalized spacial score (nSPS) is 22.3. The minimum Gasteiger partial charge on any atom is -0.325 e. The van der Waals surface area contributed by atoms with Gasteiger partial charge in [-0.15, -0.1) is 0 Å². The lowest BCUT2D eigenvalue weighted by Gasteiger charge is -2.28. The fraction of sp³-hybridized carbons (Fsp3) is 0.588. The van der Waals surface area contributed by atoms with Crippen molar-refractivity contribution >= 4 is 11.6 Å². The van der Waals surface area contributed by atoms with E-state index in [1.807, 2.05) is 12.1 Å². The minimum absolute atomic E-state index is 0.0508. The zero-order valence-electron chi connectivity index (χ0n) is 13.4. The molecule has 2 atom stereocenters. The molecular formula is C17H27N3O. The Morgan fingerprint density at radius 1 is 1.33 bits per heavy atom. The summed E-state index contributed by atoms with van der Waals surface area (Å²) in [5.41, 5.74) is 2.13. The monoisotopic (exact) mass is 289 g/mol. The van der Waals surface area contributed by atoms with Gasteiger partial charge in [0.2, 0.25) is 5.91 Å². The van der Waals surface area contributed by atoms with E-state index < -0.39 is 0 Å². The van der Waals surface area contributed by atoms with Gasteiger partial charge < -0.3 is 15.5 Å². The number of rotatable bonds is 5. The second kappa shape index (κ2) is 7.57. The van der Waals surface area contributed by atoms with Crippen molar-refractivity contribution in [2.45, 2.75) is 38.8 Å². The van der Waals surface area contributed by atoms with Gasteiger partial charge in [0.05, 0.1) is 6.04 Å². The molecular weight excluding hydrogens is 262 g/mol. The Morgan fingerprint density at radius 2 is 2.05 bits per heavy atom. The Bertz CT molecular complexity index is 456. The summed E-state index contributed by atoms with van der Waals surface area (Å²) >= 11 is 0. The number of amides is 1. The summed E-state index contributed by atoms with van der Waals surface area (Å²) < 4.78 is 0. The number of hydrogen-bond donors (Lipinski definition) is 2. The molecule has 0 spiro atoms. The third kappa shape index (κ3) is 4.83. The standard InChI is InChI=1S/C17H27N3O/c1-4-13-9-10-18-16(11-13)17(21)19-15-7-5-14(6-8-15)12-20(2)3/h5-8,13,16,18H,4,9-12H2,1-3H3,(H,19,21). The van der Waals surface area contributed by atoms with Crippen LogP contribution < -0.4 is 10.6 Å². The van der Waals surface area contributed by atoms with E-state index in [2.05, 4.69) is 48.7 Å². The molecule has 0 aliphatic carbocycles. The van der Waals surface area contributed by atoms with Crippen molar-refractivity contribution in [3.63, 3.8) is 0 Å². The van der Waals surface area contributed by atoms with Crippen LogP contribution in [0.5, 0.6) is 0 Å². The summed E-state index contributed by atoms with van der Waals surface area (Å²) in [7, 11) is 4.10. The number of piperidine rings is 1. The maximum Gasteiger partial charge on any atom is 0.241 e. The Morgan fingerprint density at radius 3 is 2.67 bits per heavy atom. The van der Waals surface area contributed by atoms with Crippen LogP contribution in [0.2, 0.25) is 0 Å². The molecule has 4 heteroatoms. The van der Waals surface area contributed by atoms with Crippen LogP contribution >= 0.6 is 0 Å². The van der Waals surface area contributed by atoms with Crippen LogP contribution in [0.15, 0.2) is 24.3 Å². The van der Waals surface area contributed by atoms with Crippen LogP contribution in [0, 0.1) is 5.92 Å². The third-order valence-corrected chi connectivity index (χ3v) is 4.13. The maximum absolute atomic E-state index is 12.3. The average Bonchev–Trinajstić information content (AvgIpc) is 2.49.